The van der Waals surface area contributed by atoms with Gasteiger partial charge >= 0.3 is 5.97 Å². The van der Waals surface area contributed by atoms with Crippen LogP contribution in [0.4, 0.5) is 0 Å². The highest BCUT2D eigenvalue weighted by Gasteiger charge is 1.92. The number of nitrogens with two attached hydrogens (primary N) is 1. The zero-order chi connectivity index (χ0) is 7.82. The minimum absolute atomic E-state index is 0.233. The number of rotatable bonds is 4. The molecule has 0 radical (unpaired) electrons. The molecular formula is C6H12N2O2. The Bertz CT molecular complexity index is 123. The first-order valence-corrected chi connectivity index (χ1v) is 3.06. The summed E-state index contributed by atoms with van der Waals surface area (Å²) >= 11 is 0. The van der Waals surface area contributed by atoms with E-state index in [4.69, 9.17) is 5.73 Å². The van der Waals surface area contributed by atoms with Crippen LogP contribution in [0, 0.1) is 0 Å². The van der Waals surface area contributed by atoms with Crippen molar-refractivity contribution in [2.45, 2.75) is 6.42 Å². The summed E-state index contributed by atoms with van der Waals surface area (Å²) in [6.07, 6.45) is 1.75. The second-order valence-corrected chi connectivity index (χ2v) is 1.66. The van der Waals surface area contributed by atoms with Gasteiger partial charge in [-0.05, 0) is 0 Å². The Labute approximate surface area is 60.1 Å². The molecule has 0 aliphatic carbocycles. The molecule has 0 spiro atoms. The Morgan fingerprint density at radius 3 is 3.00 bits per heavy atom. The summed E-state index contributed by atoms with van der Waals surface area (Å²) in [6.45, 7) is 1.08. The van der Waals surface area contributed by atoms with Gasteiger partial charge in [-0.1, -0.05) is 0 Å². The number of esters is 1. The number of hydrogen-bond donors (Lipinski definition) is 1. The average Bonchev–Trinajstić information content (AvgIpc) is 1.98. The van der Waals surface area contributed by atoms with Crippen LogP contribution in [0.1, 0.15) is 6.42 Å². The molecule has 2 N–H and O–H groups in total. The monoisotopic (exact) mass is 144 g/mol. The van der Waals surface area contributed by atoms with Gasteiger partial charge in [0.15, 0.2) is 0 Å². The topological polar surface area (TPSA) is 64.7 Å². The third-order valence-electron chi connectivity index (χ3n) is 0.873. The molecule has 58 valence electrons. The molecule has 0 bridgehead atoms. The fraction of sp³-hybridized carbons (Fsp3) is 0.667. The number of methoxy groups -OCH3 is 1. The number of carbonyl (C=O) groups excluding carboxylic acids is 1. The van der Waals surface area contributed by atoms with Crippen LogP contribution in [0.15, 0.2) is 4.99 Å². The van der Waals surface area contributed by atoms with E-state index in [1.54, 1.807) is 0 Å². The zero-order valence-corrected chi connectivity index (χ0v) is 6.04. The third kappa shape index (κ3) is 5.24. The largest absolute Gasteiger partial charge is 0.469 e. The van der Waals surface area contributed by atoms with E-state index in [0.717, 1.165) is 0 Å². The van der Waals surface area contributed by atoms with Crippen molar-refractivity contribution in [2.24, 2.45) is 10.7 Å². The summed E-state index contributed by atoms with van der Waals surface area (Å²) in [7, 11) is 1.35. The van der Waals surface area contributed by atoms with Crippen LogP contribution in [0.25, 0.3) is 0 Å². The van der Waals surface area contributed by atoms with Crippen molar-refractivity contribution in [1.82, 2.24) is 0 Å². The lowest BCUT2D eigenvalue weighted by Gasteiger charge is -1.90. The normalized spacial score (nSPS) is 10.2. The van der Waals surface area contributed by atoms with Crippen molar-refractivity contribution in [3.05, 3.63) is 0 Å². The van der Waals surface area contributed by atoms with Crippen LogP contribution in [0.2, 0.25) is 0 Å². The summed E-state index contributed by atoms with van der Waals surface area (Å²) in [5, 5.41) is 0. The second-order valence-electron chi connectivity index (χ2n) is 1.66. The standard InChI is InChI=1S/C6H12N2O2/c1-10-6(9)2-4-8-5-3-7/h4H,2-3,5,7H2,1H3. The van der Waals surface area contributed by atoms with E-state index in [0.29, 0.717) is 13.1 Å². The highest BCUT2D eigenvalue weighted by atomic mass is 16.5. The van der Waals surface area contributed by atoms with E-state index < -0.39 is 0 Å². The molecule has 0 saturated carbocycles. The summed E-state index contributed by atoms with van der Waals surface area (Å²) in [6, 6.07) is 0. The number of carbonyl (C=O) groups is 1. The predicted octanol–water partition coefficient (Wildman–Crippen LogP) is -0.421. The molecule has 0 aromatic rings. The minimum Gasteiger partial charge on any atom is -0.469 e. The van der Waals surface area contributed by atoms with E-state index in [2.05, 4.69) is 9.73 Å². The molecule has 0 aromatic heterocycles. The minimum atomic E-state index is -0.277. The lowest BCUT2D eigenvalue weighted by molar-refractivity contribution is -0.139. The molecule has 0 fully saturated rings. The number of ether oxygens (including phenoxy) is 1. The number of aliphatic imine (C=N–C) groups is 1. The van der Waals surface area contributed by atoms with E-state index in [9.17, 15) is 4.79 Å². The molecule has 10 heavy (non-hydrogen) atoms. The number of hydrogen-bond acceptors (Lipinski definition) is 4. The second kappa shape index (κ2) is 6.22. The lowest BCUT2D eigenvalue weighted by Crippen LogP contribution is -2.04. The predicted molar refractivity (Wildman–Crippen MR) is 39.0 cm³/mol. The van der Waals surface area contributed by atoms with Crippen LogP contribution in [-0.4, -0.2) is 32.4 Å². The summed E-state index contributed by atoms with van der Waals surface area (Å²) < 4.78 is 4.37. The first-order valence-electron chi connectivity index (χ1n) is 3.06. The summed E-state index contributed by atoms with van der Waals surface area (Å²) in [5.41, 5.74) is 5.15. The van der Waals surface area contributed by atoms with Crippen molar-refractivity contribution in [3.8, 4) is 0 Å². The van der Waals surface area contributed by atoms with E-state index in [1.165, 1.54) is 13.3 Å². The first kappa shape index (κ1) is 9.10. The quantitative estimate of drug-likeness (QED) is 0.430. The molecule has 0 atom stereocenters. The van der Waals surface area contributed by atoms with Gasteiger partial charge in [-0.3, -0.25) is 9.79 Å². The molecule has 0 unspecified atom stereocenters. The van der Waals surface area contributed by atoms with E-state index in [1.807, 2.05) is 0 Å². The molecule has 0 aliphatic heterocycles. The molecule has 4 nitrogen and oxygen atoms in total. The van der Waals surface area contributed by atoms with E-state index >= 15 is 0 Å². The summed E-state index contributed by atoms with van der Waals surface area (Å²) in [4.78, 5) is 14.3. The van der Waals surface area contributed by atoms with Gasteiger partial charge in [0.25, 0.3) is 0 Å². The average molecular weight is 144 g/mol. The van der Waals surface area contributed by atoms with Crippen LogP contribution in [0.3, 0.4) is 0 Å². The summed E-state index contributed by atoms with van der Waals surface area (Å²) in [5.74, 6) is -0.277. The molecule has 0 saturated heterocycles. The molecule has 0 rings (SSSR count). The van der Waals surface area contributed by atoms with Gasteiger partial charge in [0.05, 0.1) is 20.1 Å². The van der Waals surface area contributed by atoms with Gasteiger partial charge in [-0.2, -0.15) is 0 Å². The van der Waals surface area contributed by atoms with Crippen molar-refractivity contribution >= 4 is 12.2 Å². The zero-order valence-electron chi connectivity index (χ0n) is 6.04. The van der Waals surface area contributed by atoms with Crippen molar-refractivity contribution in [2.75, 3.05) is 20.2 Å². The van der Waals surface area contributed by atoms with Crippen LogP contribution in [0.5, 0.6) is 0 Å². The van der Waals surface area contributed by atoms with Crippen molar-refractivity contribution in [1.29, 1.82) is 0 Å². The van der Waals surface area contributed by atoms with Crippen LogP contribution >= 0.6 is 0 Å². The van der Waals surface area contributed by atoms with Gasteiger partial charge in [-0.15, -0.1) is 0 Å². The smallest absolute Gasteiger partial charge is 0.310 e. The first-order chi connectivity index (χ1) is 4.81. The van der Waals surface area contributed by atoms with Gasteiger partial charge in [0.1, 0.15) is 0 Å². The maximum Gasteiger partial charge on any atom is 0.310 e. The van der Waals surface area contributed by atoms with Crippen molar-refractivity contribution < 1.29 is 9.53 Å². The number of nitrogens with zero attached hydrogens (tertiary/aromatic N) is 1. The molecule has 0 aliphatic rings. The Kier molecular flexibility index (Phi) is 5.66. The Morgan fingerprint density at radius 2 is 2.50 bits per heavy atom. The Balaban J connectivity index is 3.25. The van der Waals surface area contributed by atoms with Crippen LogP contribution < -0.4 is 5.73 Å². The third-order valence-corrected chi connectivity index (χ3v) is 0.873. The van der Waals surface area contributed by atoms with Gasteiger partial charge in [0, 0.05) is 12.8 Å². The maximum absolute atomic E-state index is 10.4. The van der Waals surface area contributed by atoms with Gasteiger partial charge in [0.2, 0.25) is 0 Å². The maximum atomic E-state index is 10.4. The molecule has 0 aromatic carbocycles. The Morgan fingerprint density at radius 1 is 1.80 bits per heavy atom. The highest BCUT2D eigenvalue weighted by molar-refractivity contribution is 5.85. The van der Waals surface area contributed by atoms with Gasteiger partial charge in [-0.25, -0.2) is 0 Å². The SMILES string of the molecule is COC(=O)CC=NCCN. The molecule has 0 amide bonds. The molecular weight excluding hydrogens is 132 g/mol. The van der Waals surface area contributed by atoms with Crippen LogP contribution in [-0.2, 0) is 9.53 Å². The lowest BCUT2D eigenvalue weighted by atomic mass is 10.5. The van der Waals surface area contributed by atoms with E-state index in [-0.39, 0.29) is 12.4 Å². The highest BCUT2D eigenvalue weighted by Crippen LogP contribution is 1.78. The fourth-order valence-electron chi connectivity index (χ4n) is 0.388. The molecule has 4 heteroatoms. The Hall–Kier alpha value is -0.900. The van der Waals surface area contributed by atoms with Crippen molar-refractivity contribution in [3.63, 3.8) is 0 Å². The molecule has 0 heterocycles. The fourth-order valence-corrected chi connectivity index (χ4v) is 0.388. The van der Waals surface area contributed by atoms with Gasteiger partial charge < -0.3 is 10.5 Å².